The van der Waals surface area contributed by atoms with E-state index in [0.29, 0.717) is 25.1 Å². The molecule has 1 fully saturated rings. The zero-order valence-corrected chi connectivity index (χ0v) is 17.0. The number of nitrogens with zero attached hydrogens (tertiary/aromatic N) is 2. The van der Waals surface area contributed by atoms with Crippen LogP contribution in [0, 0.1) is 5.92 Å². The number of sulfonamides is 1. The average Bonchev–Trinajstić information content (AvgIpc) is 2.61. The van der Waals surface area contributed by atoms with E-state index in [4.69, 9.17) is 0 Å². The Balaban J connectivity index is 1.98. The number of rotatable bonds is 6. The third-order valence-corrected chi connectivity index (χ3v) is 6.78. The van der Waals surface area contributed by atoms with Crippen molar-refractivity contribution >= 4 is 15.9 Å². The molecule has 0 bridgehead atoms. The maximum absolute atomic E-state index is 12.9. The van der Waals surface area contributed by atoms with Gasteiger partial charge in [-0.25, -0.2) is 8.42 Å². The summed E-state index contributed by atoms with van der Waals surface area (Å²) in [5.74, 6) is 0.175. The summed E-state index contributed by atoms with van der Waals surface area (Å²) >= 11 is 0. The summed E-state index contributed by atoms with van der Waals surface area (Å²) in [6, 6.07) is 3.79. The van der Waals surface area contributed by atoms with Gasteiger partial charge in [0, 0.05) is 32.2 Å². The molecule has 0 spiro atoms. The van der Waals surface area contributed by atoms with E-state index in [9.17, 15) is 26.4 Å². The molecule has 10 heteroatoms. The van der Waals surface area contributed by atoms with E-state index in [-0.39, 0.29) is 36.5 Å². The number of carbonyl (C=O) groups excluding carboxylic acids is 1. The first-order valence-corrected chi connectivity index (χ1v) is 10.5. The van der Waals surface area contributed by atoms with Gasteiger partial charge in [-0.15, -0.1) is 0 Å². The van der Waals surface area contributed by atoms with E-state index in [1.54, 1.807) is 0 Å². The lowest BCUT2D eigenvalue weighted by Gasteiger charge is -2.34. The maximum Gasteiger partial charge on any atom is 0.416 e. The summed E-state index contributed by atoms with van der Waals surface area (Å²) in [7, 11) is -4.02. The molecule has 158 valence electrons. The van der Waals surface area contributed by atoms with Crippen LogP contribution in [0.3, 0.4) is 0 Å². The third kappa shape index (κ3) is 5.68. The van der Waals surface area contributed by atoms with Gasteiger partial charge in [0.25, 0.3) is 0 Å². The van der Waals surface area contributed by atoms with Crippen LogP contribution in [-0.4, -0.2) is 62.3 Å². The molecule has 1 aliphatic heterocycles. The summed E-state index contributed by atoms with van der Waals surface area (Å²) in [4.78, 5) is 13.5. The van der Waals surface area contributed by atoms with Crippen molar-refractivity contribution in [2.45, 2.75) is 37.9 Å². The lowest BCUT2D eigenvalue weighted by atomic mass is 10.1. The molecule has 0 unspecified atom stereocenters. The minimum atomic E-state index is -4.61. The molecule has 0 radical (unpaired) electrons. The van der Waals surface area contributed by atoms with Crippen molar-refractivity contribution in [3.05, 3.63) is 29.8 Å². The highest BCUT2D eigenvalue weighted by Gasteiger charge is 2.34. The van der Waals surface area contributed by atoms with Crippen molar-refractivity contribution in [3.8, 4) is 0 Å². The summed E-state index contributed by atoms with van der Waals surface area (Å²) in [6.07, 6.45) is -4.61. The van der Waals surface area contributed by atoms with E-state index in [1.165, 1.54) is 0 Å². The standard InChI is InChI=1S/C18H26F3N3O3S/c1-13(2)14(3)22-17(25)12-23-7-9-24(10-8-23)28(26,27)16-6-4-5-15(11-16)18(19,20)21/h4-6,11,13-14H,7-10,12H2,1-3H3,(H,22,25)/t14-/m0/s1. The van der Waals surface area contributed by atoms with Crippen LogP contribution in [-0.2, 0) is 21.0 Å². The molecule has 0 aromatic heterocycles. The second kappa shape index (κ2) is 8.79. The third-order valence-electron chi connectivity index (χ3n) is 4.89. The zero-order chi connectivity index (χ0) is 21.1. The fraction of sp³-hybridized carbons (Fsp3) is 0.611. The molecular formula is C18H26F3N3O3S. The van der Waals surface area contributed by atoms with Crippen molar-refractivity contribution < 1.29 is 26.4 Å². The first kappa shape index (κ1) is 22.6. The van der Waals surface area contributed by atoms with Crippen molar-refractivity contribution in [1.82, 2.24) is 14.5 Å². The van der Waals surface area contributed by atoms with Crippen LogP contribution in [0.1, 0.15) is 26.3 Å². The number of halogens is 3. The Hall–Kier alpha value is -1.65. The molecule has 1 aromatic carbocycles. The van der Waals surface area contributed by atoms with E-state index in [1.807, 2.05) is 25.7 Å². The van der Waals surface area contributed by atoms with Gasteiger partial charge in [-0.05, 0) is 31.0 Å². The molecule has 1 aliphatic rings. The van der Waals surface area contributed by atoms with Gasteiger partial charge in [0.1, 0.15) is 0 Å². The highest BCUT2D eigenvalue weighted by molar-refractivity contribution is 7.89. The van der Waals surface area contributed by atoms with E-state index < -0.39 is 21.8 Å². The second-order valence-corrected chi connectivity index (χ2v) is 9.24. The number of nitrogens with one attached hydrogen (secondary N) is 1. The van der Waals surface area contributed by atoms with Gasteiger partial charge in [0.05, 0.1) is 17.0 Å². The molecule has 2 rings (SSSR count). The molecule has 1 amide bonds. The Morgan fingerprint density at radius 3 is 2.29 bits per heavy atom. The highest BCUT2D eigenvalue weighted by Crippen LogP contribution is 2.31. The minimum absolute atomic E-state index is 0.0371. The van der Waals surface area contributed by atoms with Gasteiger partial charge in [-0.2, -0.15) is 17.5 Å². The predicted octanol–water partition coefficient (Wildman–Crippen LogP) is 2.17. The van der Waals surface area contributed by atoms with Crippen molar-refractivity contribution in [1.29, 1.82) is 0 Å². The van der Waals surface area contributed by atoms with Gasteiger partial charge < -0.3 is 5.32 Å². The second-order valence-electron chi connectivity index (χ2n) is 7.31. The smallest absolute Gasteiger partial charge is 0.352 e. The van der Waals surface area contributed by atoms with Crippen LogP contribution < -0.4 is 5.32 Å². The lowest BCUT2D eigenvalue weighted by Crippen LogP contribution is -2.51. The summed E-state index contributed by atoms with van der Waals surface area (Å²) in [6.45, 7) is 6.99. The predicted molar refractivity (Wildman–Crippen MR) is 99.1 cm³/mol. The summed E-state index contributed by atoms with van der Waals surface area (Å²) in [5, 5.41) is 2.90. The Kier molecular flexibility index (Phi) is 7.11. The first-order chi connectivity index (χ1) is 12.9. The maximum atomic E-state index is 12.9. The van der Waals surface area contributed by atoms with Crippen LogP contribution >= 0.6 is 0 Å². The molecule has 1 heterocycles. The summed E-state index contributed by atoms with van der Waals surface area (Å²) in [5.41, 5.74) is -0.997. The Bertz CT molecular complexity index is 789. The Morgan fingerprint density at radius 2 is 1.75 bits per heavy atom. The number of hydrogen-bond acceptors (Lipinski definition) is 4. The zero-order valence-electron chi connectivity index (χ0n) is 16.2. The molecule has 1 atom stereocenters. The monoisotopic (exact) mass is 421 g/mol. The topological polar surface area (TPSA) is 69.7 Å². The normalized spacial score (nSPS) is 18.2. The van der Waals surface area contributed by atoms with Crippen molar-refractivity contribution in [2.75, 3.05) is 32.7 Å². The molecule has 1 aromatic rings. The fourth-order valence-corrected chi connectivity index (χ4v) is 4.25. The van der Waals surface area contributed by atoms with Crippen LogP contribution in [0.5, 0.6) is 0 Å². The highest BCUT2D eigenvalue weighted by atomic mass is 32.2. The molecule has 1 saturated heterocycles. The SMILES string of the molecule is CC(C)[C@H](C)NC(=O)CN1CCN(S(=O)(=O)c2cccc(C(F)(F)F)c2)CC1. The Morgan fingerprint density at radius 1 is 1.14 bits per heavy atom. The molecule has 6 nitrogen and oxygen atoms in total. The van der Waals surface area contributed by atoms with E-state index in [2.05, 4.69) is 5.32 Å². The van der Waals surface area contributed by atoms with Gasteiger partial charge in [-0.3, -0.25) is 9.69 Å². The summed E-state index contributed by atoms with van der Waals surface area (Å²) < 4.78 is 65.1. The molecule has 28 heavy (non-hydrogen) atoms. The fourth-order valence-electron chi connectivity index (χ4n) is 2.78. The quantitative estimate of drug-likeness (QED) is 0.765. The van der Waals surface area contributed by atoms with Crippen LogP contribution in [0.15, 0.2) is 29.2 Å². The van der Waals surface area contributed by atoms with Gasteiger partial charge in [-0.1, -0.05) is 19.9 Å². The van der Waals surface area contributed by atoms with Gasteiger partial charge in [0.2, 0.25) is 15.9 Å². The average molecular weight is 421 g/mol. The lowest BCUT2D eigenvalue weighted by molar-refractivity contribution is -0.137. The first-order valence-electron chi connectivity index (χ1n) is 9.10. The number of benzene rings is 1. The number of amides is 1. The van der Waals surface area contributed by atoms with Gasteiger partial charge >= 0.3 is 6.18 Å². The number of piperazine rings is 1. The Labute approximate surface area is 163 Å². The molecule has 1 N–H and O–H groups in total. The van der Waals surface area contributed by atoms with E-state index >= 15 is 0 Å². The number of hydrogen-bond donors (Lipinski definition) is 1. The molecular weight excluding hydrogens is 395 g/mol. The van der Waals surface area contributed by atoms with Crippen molar-refractivity contribution in [2.24, 2.45) is 5.92 Å². The minimum Gasteiger partial charge on any atom is -0.352 e. The molecule has 0 aliphatic carbocycles. The van der Waals surface area contributed by atoms with Crippen LogP contribution in [0.4, 0.5) is 13.2 Å². The largest absolute Gasteiger partial charge is 0.416 e. The number of carbonyl (C=O) groups is 1. The van der Waals surface area contributed by atoms with Crippen LogP contribution in [0.2, 0.25) is 0 Å². The van der Waals surface area contributed by atoms with Crippen molar-refractivity contribution in [3.63, 3.8) is 0 Å². The molecule has 0 saturated carbocycles. The van der Waals surface area contributed by atoms with Gasteiger partial charge in [0.15, 0.2) is 0 Å². The van der Waals surface area contributed by atoms with Crippen LogP contribution in [0.25, 0.3) is 0 Å². The number of alkyl halides is 3. The van der Waals surface area contributed by atoms with E-state index in [0.717, 1.165) is 22.5 Å².